The van der Waals surface area contributed by atoms with Crippen molar-refractivity contribution in [3.8, 4) is 5.75 Å². The van der Waals surface area contributed by atoms with Crippen molar-refractivity contribution in [2.45, 2.75) is 26.9 Å². The minimum Gasteiger partial charge on any atom is -0.493 e. The lowest BCUT2D eigenvalue weighted by Crippen LogP contribution is -2.11. The fourth-order valence-electron chi connectivity index (χ4n) is 1.52. The maximum atomic E-state index is 12.8. The van der Waals surface area contributed by atoms with Crippen LogP contribution >= 0.6 is 0 Å². The highest BCUT2D eigenvalue weighted by molar-refractivity contribution is 5.94. The van der Waals surface area contributed by atoms with Crippen LogP contribution in [0.25, 0.3) is 0 Å². The first-order chi connectivity index (χ1) is 7.77. The number of hydrogen-bond acceptors (Lipinski definition) is 2. The second-order valence-electron chi connectivity index (χ2n) is 3.66. The maximum Gasteiger partial charge on any atom is 0.419 e. The van der Waals surface area contributed by atoms with Gasteiger partial charge in [0.15, 0.2) is 5.78 Å². The zero-order valence-corrected chi connectivity index (χ0v) is 9.81. The van der Waals surface area contributed by atoms with Crippen LogP contribution in [0.15, 0.2) is 12.1 Å². The number of rotatable bonds is 3. The Morgan fingerprint density at radius 2 is 1.94 bits per heavy atom. The van der Waals surface area contributed by atoms with Crippen molar-refractivity contribution in [1.29, 1.82) is 0 Å². The minimum atomic E-state index is -4.53. The molecule has 94 valence electrons. The average molecular weight is 246 g/mol. The van der Waals surface area contributed by atoms with Gasteiger partial charge in [-0.1, -0.05) is 0 Å². The van der Waals surface area contributed by atoms with Crippen molar-refractivity contribution in [3.05, 3.63) is 28.8 Å². The molecule has 0 fully saturated rings. The largest absolute Gasteiger partial charge is 0.493 e. The Kier molecular flexibility index (Phi) is 3.80. The van der Waals surface area contributed by atoms with E-state index in [0.29, 0.717) is 5.56 Å². The van der Waals surface area contributed by atoms with Crippen LogP contribution in [0.4, 0.5) is 13.2 Å². The molecule has 0 aromatic heterocycles. The van der Waals surface area contributed by atoms with Crippen molar-refractivity contribution in [2.75, 3.05) is 6.61 Å². The average Bonchev–Trinajstić information content (AvgIpc) is 2.18. The first-order valence-electron chi connectivity index (χ1n) is 5.13. The summed E-state index contributed by atoms with van der Waals surface area (Å²) in [6, 6.07) is 2.24. The molecule has 0 unspecified atom stereocenters. The summed E-state index contributed by atoms with van der Waals surface area (Å²) in [5, 5.41) is 0. The fraction of sp³-hybridized carbons (Fsp3) is 0.417. The van der Waals surface area contributed by atoms with Gasteiger partial charge in [-0.25, -0.2) is 0 Å². The number of carbonyl (C=O) groups is 1. The van der Waals surface area contributed by atoms with Gasteiger partial charge in [0, 0.05) is 5.56 Å². The molecule has 0 aliphatic carbocycles. The van der Waals surface area contributed by atoms with Gasteiger partial charge in [-0.15, -0.1) is 0 Å². The third kappa shape index (κ3) is 2.99. The highest BCUT2D eigenvalue weighted by atomic mass is 19.4. The third-order valence-electron chi connectivity index (χ3n) is 2.28. The Balaban J connectivity index is 3.45. The topological polar surface area (TPSA) is 26.3 Å². The molecule has 0 heterocycles. The normalized spacial score (nSPS) is 11.4. The lowest BCUT2D eigenvalue weighted by molar-refractivity contribution is -0.139. The van der Waals surface area contributed by atoms with Crippen LogP contribution in [0.2, 0.25) is 0 Å². The quantitative estimate of drug-likeness (QED) is 0.761. The Bertz CT molecular complexity index is 436. The van der Waals surface area contributed by atoms with E-state index < -0.39 is 17.5 Å². The van der Waals surface area contributed by atoms with Gasteiger partial charge < -0.3 is 4.74 Å². The number of hydrogen-bond donors (Lipinski definition) is 0. The molecule has 0 atom stereocenters. The Hall–Kier alpha value is -1.52. The molecule has 17 heavy (non-hydrogen) atoms. The van der Waals surface area contributed by atoms with Gasteiger partial charge >= 0.3 is 6.18 Å². The van der Waals surface area contributed by atoms with Gasteiger partial charge in [0.25, 0.3) is 0 Å². The number of alkyl halides is 3. The van der Waals surface area contributed by atoms with E-state index in [-0.39, 0.29) is 17.9 Å². The molecule has 0 aliphatic heterocycles. The van der Waals surface area contributed by atoms with Gasteiger partial charge in [0.2, 0.25) is 0 Å². The van der Waals surface area contributed by atoms with E-state index in [0.717, 1.165) is 6.07 Å². The second-order valence-corrected chi connectivity index (χ2v) is 3.66. The molecule has 0 saturated heterocycles. The van der Waals surface area contributed by atoms with Crippen LogP contribution in [0.1, 0.15) is 35.3 Å². The summed E-state index contributed by atoms with van der Waals surface area (Å²) >= 11 is 0. The summed E-state index contributed by atoms with van der Waals surface area (Å²) in [7, 11) is 0. The van der Waals surface area contributed by atoms with E-state index in [2.05, 4.69) is 0 Å². The van der Waals surface area contributed by atoms with Gasteiger partial charge in [0.05, 0.1) is 12.2 Å². The Morgan fingerprint density at radius 1 is 1.35 bits per heavy atom. The van der Waals surface area contributed by atoms with Crippen LogP contribution in [0.3, 0.4) is 0 Å². The standard InChI is InChI=1S/C12H13F3O2/c1-4-17-11-7(2)5-9(8(3)16)6-10(11)12(13,14)15/h5-6H,4H2,1-3H3. The monoisotopic (exact) mass is 246 g/mol. The van der Waals surface area contributed by atoms with Gasteiger partial charge in [-0.2, -0.15) is 13.2 Å². The van der Waals surface area contributed by atoms with Crippen molar-refractivity contribution in [3.63, 3.8) is 0 Å². The van der Waals surface area contributed by atoms with E-state index in [1.54, 1.807) is 6.92 Å². The van der Waals surface area contributed by atoms with Crippen LogP contribution < -0.4 is 4.74 Å². The van der Waals surface area contributed by atoms with E-state index in [4.69, 9.17) is 4.74 Å². The van der Waals surface area contributed by atoms with Crippen molar-refractivity contribution >= 4 is 5.78 Å². The number of halogens is 3. The van der Waals surface area contributed by atoms with E-state index in [9.17, 15) is 18.0 Å². The molecule has 1 aromatic carbocycles. The van der Waals surface area contributed by atoms with Crippen molar-refractivity contribution < 1.29 is 22.7 Å². The summed E-state index contributed by atoms with van der Waals surface area (Å²) in [6.45, 7) is 4.48. The lowest BCUT2D eigenvalue weighted by Gasteiger charge is -2.16. The highest BCUT2D eigenvalue weighted by Crippen LogP contribution is 2.39. The number of benzene rings is 1. The minimum absolute atomic E-state index is 0.0401. The van der Waals surface area contributed by atoms with Crippen molar-refractivity contribution in [1.82, 2.24) is 0 Å². The van der Waals surface area contributed by atoms with E-state index in [1.165, 1.54) is 19.9 Å². The van der Waals surface area contributed by atoms with Gasteiger partial charge in [-0.05, 0) is 38.5 Å². The molecule has 0 amide bonds. The number of carbonyl (C=O) groups excluding carboxylic acids is 1. The molecular formula is C12H13F3O2. The fourth-order valence-corrected chi connectivity index (χ4v) is 1.52. The molecule has 0 N–H and O–H groups in total. The molecule has 0 bridgehead atoms. The molecule has 0 spiro atoms. The smallest absolute Gasteiger partial charge is 0.419 e. The zero-order valence-electron chi connectivity index (χ0n) is 9.81. The SMILES string of the molecule is CCOc1c(C)cc(C(C)=O)cc1C(F)(F)F. The summed E-state index contributed by atoms with van der Waals surface area (Å²) in [5.41, 5.74) is -0.547. The molecular weight excluding hydrogens is 233 g/mol. The van der Waals surface area contributed by atoms with Crippen LogP contribution in [0, 0.1) is 6.92 Å². The first-order valence-corrected chi connectivity index (χ1v) is 5.13. The second kappa shape index (κ2) is 4.77. The summed E-state index contributed by atoms with van der Waals surface area (Å²) in [6.07, 6.45) is -4.53. The van der Waals surface area contributed by atoms with Crippen LogP contribution in [0.5, 0.6) is 5.75 Å². The third-order valence-corrected chi connectivity index (χ3v) is 2.28. The molecule has 0 aliphatic rings. The van der Waals surface area contributed by atoms with Crippen LogP contribution in [-0.4, -0.2) is 12.4 Å². The predicted molar refractivity (Wildman–Crippen MR) is 57.4 cm³/mol. The van der Waals surface area contributed by atoms with Gasteiger partial charge in [-0.3, -0.25) is 4.79 Å². The molecule has 0 saturated carbocycles. The molecule has 0 radical (unpaired) electrons. The number of Topliss-reactive ketones (excluding diaryl/α,β-unsaturated/α-hetero) is 1. The molecule has 1 aromatic rings. The number of aryl methyl sites for hydroxylation is 1. The molecule has 2 nitrogen and oxygen atoms in total. The number of ketones is 1. The number of ether oxygens (including phenoxy) is 1. The maximum absolute atomic E-state index is 12.8. The van der Waals surface area contributed by atoms with E-state index >= 15 is 0 Å². The zero-order chi connectivity index (χ0) is 13.2. The molecule has 1 rings (SSSR count). The Labute approximate surface area is 97.4 Å². The summed E-state index contributed by atoms with van der Waals surface area (Å²) < 4.78 is 43.4. The van der Waals surface area contributed by atoms with Gasteiger partial charge in [0.1, 0.15) is 5.75 Å². The lowest BCUT2D eigenvalue weighted by atomic mass is 10.0. The summed E-state index contributed by atoms with van der Waals surface area (Å²) in [5.74, 6) is -0.605. The summed E-state index contributed by atoms with van der Waals surface area (Å²) in [4.78, 5) is 11.1. The highest BCUT2D eigenvalue weighted by Gasteiger charge is 2.35. The van der Waals surface area contributed by atoms with Crippen LogP contribution in [-0.2, 0) is 6.18 Å². The van der Waals surface area contributed by atoms with E-state index in [1.807, 2.05) is 0 Å². The predicted octanol–water partition coefficient (Wildman–Crippen LogP) is 3.62. The van der Waals surface area contributed by atoms with Crippen molar-refractivity contribution in [2.24, 2.45) is 0 Å². The first kappa shape index (κ1) is 13.5. The Morgan fingerprint density at radius 3 is 2.35 bits per heavy atom. The molecule has 5 heteroatoms.